The van der Waals surface area contributed by atoms with Gasteiger partial charge in [-0.25, -0.2) is 22.6 Å². The highest BCUT2D eigenvalue weighted by Crippen LogP contribution is 2.10. The van der Waals surface area contributed by atoms with Crippen LogP contribution in [0.2, 0.25) is 0 Å². The van der Waals surface area contributed by atoms with Crippen LogP contribution < -0.4 is 10.4 Å². The number of nitrogens with zero attached hydrogens (tertiary/aromatic N) is 4. The van der Waals surface area contributed by atoms with Gasteiger partial charge in [-0.1, -0.05) is 13.0 Å². The standard InChI is InChI=1S/C13H19N5O3S/c1-3-10-22(20,21)15-8-9-18-13(19)17(2)12(16-18)11-6-4-5-7-14-11/h4-7,15H,3,8-10H2,1-2H3. The Balaban J connectivity index is 2.12. The Morgan fingerprint density at radius 1 is 1.32 bits per heavy atom. The van der Waals surface area contributed by atoms with Crippen LogP contribution in [-0.2, 0) is 23.6 Å². The predicted molar refractivity (Wildman–Crippen MR) is 82.8 cm³/mol. The average molecular weight is 325 g/mol. The van der Waals surface area contributed by atoms with E-state index in [9.17, 15) is 13.2 Å². The Labute approximate surface area is 128 Å². The maximum Gasteiger partial charge on any atom is 0.346 e. The lowest BCUT2D eigenvalue weighted by atomic mass is 10.3. The fourth-order valence-electron chi connectivity index (χ4n) is 2.00. The first-order chi connectivity index (χ1) is 10.4. The number of pyridine rings is 1. The zero-order valence-electron chi connectivity index (χ0n) is 12.6. The minimum atomic E-state index is -3.28. The molecule has 0 aromatic carbocycles. The van der Waals surface area contributed by atoms with E-state index in [1.54, 1.807) is 32.3 Å². The summed E-state index contributed by atoms with van der Waals surface area (Å²) in [7, 11) is -1.67. The summed E-state index contributed by atoms with van der Waals surface area (Å²) < 4.78 is 28.2. The molecule has 22 heavy (non-hydrogen) atoms. The van der Waals surface area contributed by atoms with Crippen molar-refractivity contribution in [3.63, 3.8) is 0 Å². The normalized spacial score (nSPS) is 11.7. The van der Waals surface area contributed by atoms with Gasteiger partial charge in [-0.05, 0) is 18.6 Å². The van der Waals surface area contributed by atoms with Crippen molar-refractivity contribution in [3.05, 3.63) is 34.9 Å². The number of rotatable bonds is 7. The van der Waals surface area contributed by atoms with Gasteiger partial charge in [-0.2, -0.15) is 0 Å². The molecule has 8 nitrogen and oxygen atoms in total. The van der Waals surface area contributed by atoms with Crippen molar-refractivity contribution in [1.29, 1.82) is 0 Å². The SMILES string of the molecule is CCCS(=O)(=O)NCCn1nc(-c2ccccn2)n(C)c1=O. The first kappa shape index (κ1) is 16.4. The molecular formula is C13H19N5O3S. The second-order valence-corrected chi connectivity index (χ2v) is 6.74. The van der Waals surface area contributed by atoms with E-state index in [-0.39, 0.29) is 24.5 Å². The number of sulfonamides is 1. The van der Waals surface area contributed by atoms with Gasteiger partial charge < -0.3 is 0 Å². The van der Waals surface area contributed by atoms with Gasteiger partial charge in [0.15, 0.2) is 5.82 Å². The van der Waals surface area contributed by atoms with Crippen LogP contribution in [0, 0.1) is 0 Å². The Hall–Kier alpha value is -2.00. The quantitative estimate of drug-likeness (QED) is 0.771. The molecule has 1 N–H and O–H groups in total. The number of hydrogen-bond donors (Lipinski definition) is 1. The molecule has 0 aliphatic carbocycles. The first-order valence-corrected chi connectivity index (χ1v) is 8.62. The van der Waals surface area contributed by atoms with E-state index >= 15 is 0 Å². The highest BCUT2D eigenvalue weighted by molar-refractivity contribution is 7.89. The summed E-state index contributed by atoms with van der Waals surface area (Å²) in [6.07, 6.45) is 2.17. The molecule has 0 aliphatic heterocycles. The lowest BCUT2D eigenvalue weighted by Crippen LogP contribution is -2.32. The number of aromatic nitrogens is 4. The molecule has 9 heteroatoms. The summed E-state index contributed by atoms with van der Waals surface area (Å²) >= 11 is 0. The Kier molecular flexibility index (Phi) is 5.09. The average Bonchev–Trinajstić information content (AvgIpc) is 2.76. The summed E-state index contributed by atoms with van der Waals surface area (Å²) in [5.41, 5.74) is 0.280. The van der Waals surface area contributed by atoms with Crippen molar-refractivity contribution in [2.24, 2.45) is 7.05 Å². The monoisotopic (exact) mass is 325 g/mol. The van der Waals surface area contributed by atoms with Gasteiger partial charge in [0, 0.05) is 19.8 Å². The molecule has 0 aliphatic rings. The molecule has 2 heterocycles. The molecule has 0 atom stereocenters. The van der Waals surface area contributed by atoms with Gasteiger partial charge in [0.2, 0.25) is 10.0 Å². The van der Waals surface area contributed by atoms with Crippen molar-refractivity contribution >= 4 is 10.0 Å². The molecule has 0 radical (unpaired) electrons. The molecule has 0 fully saturated rings. The van der Waals surface area contributed by atoms with Crippen LogP contribution in [-0.4, -0.2) is 40.0 Å². The van der Waals surface area contributed by atoms with E-state index < -0.39 is 10.0 Å². The van der Waals surface area contributed by atoms with E-state index in [0.29, 0.717) is 17.9 Å². The van der Waals surface area contributed by atoms with E-state index in [0.717, 1.165) is 0 Å². The summed E-state index contributed by atoms with van der Waals surface area (Å²) in [4.78, 5) is 16.3. The highest BCUT2D eigenvalue weighted by Gasteiger charge is 2.13. The van der Waals surface area contributed by atoms with E-state index in [2.05, 4.69) is 14.8 Å². The predicted octanol–water partition coefficient (Wildman–Crippen LogP) is -0.0268. The van der Waals surface area contributed by atoms with Crippen LogP contribution in [0.25, 0.3) is 11.5 Å². The zero-order valence-corrected chi connectivity index (χ0v) is 13.4. The minimum absolute atomic E-state index is 0.0727. The summed E-state index contributed by atoms with van der Waals surface area (Å²) in [5.74, 6) is 0.519. The second-order valence-electron chi connectivity index (χ2n) is 4.82. The topological polar surface area (TPSA) is 98.9 Å². The van der Waals surface area contributed by atoms with Gasteiger partial charge >= 0.3 is 5.69 Å². The summed E-state index contributed by atoms with van der Waals surface area (Å²) in [6, 6.07) is 5.35. The molecule has 0 unspecified atom stereocenters. The van der Waals surface area contributed by atoms with Gasteiger partial charge in [0.1, 0.15) is 5.69 Å². The van der Waals surface area contributed by atoms with Crippen molar-refractivity contribution in [3.8, 4) is 11.5 Å². The largest absolute Gasteiger partial charge is 0.346 e. The van der Waals surface area contributed by atoms with Crippen LogP contribution in [0.5, 0.6) is 0 Å². The van der Waals surface area contributed by atoms with Crippen molar-refractivity contribution < 1.29 is 8.42 Å². The molecule has 0 bridgehead atoms. The van der Waals surface area contributed by atoms with Crippen LogP contribution in [0.3, 0.4) is 0 Å². The molecule has 2 aromatic rings. The molecule has 120 valence electrons. The van der Waals surface area contributed by atoms with E-state index in [4.69, 9.17) is 0 Å². The Morgan fingerprint density at radius 3 is 2.73 bits per heavy atom. The molecule has 2 rings (SSSR count). The molecule has 0 saturated carbocycles. The molecule has 0 amide bonds. The van der Waals surface area contributed by atoms with Crippen LogP contribution in [0.15, 0.2) is 29.2 Å². The molecule has 0 spiro atoms. The number of hydrogen-bond acceptors (Lipinski definition) is 5. The Bertz CT molecular complexity index is 780. The van der Waals surface area contributed by atoms with Crippen molar-refractivity contribution in [2.75, 3.05) is 12.3 Å². The van der Waals surface area contributed by atoms with Crippen molar-refractivity contribution in [2.45, 2.75) is 19.9 Å². The smallest absolute Gasteiger partial charge is 0.277 e. The summed E-state index contributed by atoms with van der Waals surface area (Å²) in [5, 5.41) is 4.21. The molecular weight excluding hydrogens is 306 g/mol. The third-order valence-corrected chi connectivity index (χ3v) is 4.64. The van der Waals surface area contributed by atoms with E-state index in [1.807, 2.05) is 6.07 Å². The van der Waals surface area contributed by atoms with Gasteiger partial charge in [-0.15, -0.1) is 5.10 Å². The van der Waals surface area contributed by atoms with Crippen molar-refractivity contribution in [1.82, 2.24) is 24.1 Å². The zero-order chi connectivity index (χ0) is 16.2. The van der Waals surface area contributed by atoms with Gasteiger partial charge in [0.05, 0.1) is 12.3 Å². The lowest BCUT2D eigenvalue weighted by molar-refractivity contribution is 0.550. The summed E-state index contributed by atoms with van der Waals surface area (Å²) in [6.45, 7) is 2.09. The first-order valence-electron chi connectivity index (χ1n) is 6.97. The maximum atomic E-state index is 12.1. The van der Waals surface area contributed by atoms with Gasteiger partial charge in [-0.3, -0.25) is 9.55 Å². The van der Waals surface area contributed by atoms with Crippen LogP contribution in [0.4, 0.5) is 0 Å². The maximum absolute atomic E-state index is 12.1. The van der Waals surface area contributed by atoms with Gasteiger partial charge in [0.25, 0.3) is 0 Å². The lowest BCUT2D eigenvalue weighted by Gasteiger charge is -2.04. The third-order valence-electron chi connectivity index (χ3n) is 3.05. The fourth-order valence-corrected chi connectivity index (χ4v) is 3.08. The van der Waals surface area contributed by atoms with Crippen LogP contribution >= 0.6 is 0 Å². The molecule has 0 saturated heterocycles. The second kappa shape index (κ2) is 6.84. The highest BCUT2D eigenvalue weighted by atomic mass is 32.2. The fraction of sp³-hybridized carbons (Fsp3) is 0.462. The third kappa shape index (κ3) is 3.80. The minimum Gasteiger partial charge on any atom is -0.277 e. The van der Waals surface area contributed by atoms with Crippen LogP contribution in [0.1, 0.15) is 13.3 Å². The Morgan fingerprint density at radius 2 is 2.09 bits per heavy atom. The molecule has 2 aromatic heterocycles. The number of nitrogens with one attached hydrogen (secondary N) is 1. The van der Waals surface area contributed by atoms with E-state index in [1.165, 1.54) is 9.25 Å².